The van der Waals surface area contributed by atoms with Crippen molar-refractivity contribution in [1.82, 2.24) is 0 Å². The van der Waals surface area contributed by atoms with Gasteiger partial charge in [-0.1, -0.05) is 53.3 Å². The molecule has 0 unspecified atom stereocenters. The lowest BCUT2D eigenvalue weighted by molar-refractivity contribution is -0.113. The molecule has 1 aliphatic rings. The summed E-state index contributed by atoms with van der Waals surface area (Å²) >= 11 is 1.33. The van der Waals surface area contributed by atoms with Crippen molar-refractivity contribution < 1.29 is 9.90 Å². The van der Waals surface area contributed by atoms with Gasteiger partial charge < -0.3 is 5.11 Å². The van der Waals surface area contributed by atoms with Crippen LogP contribution in [0.25, 0.3) is 6.08 Å². The van der Waals surface area contributed by atoms with Crippen molar-refractivity contribution in [3.8, 4) is 5.75 Å². The summed E-state index contributed by atoms with van der Waals surface area (Å²) in [6, 6.07) is 3.92. The molecule has 0 aliphatic carbocycles. The summed E-state index contributed by atoms with van der Waals surface area (Å²) in [5, 5.41) is 10.7. The molecule has 0 spiro atoms. The van der Waals surface area contributed by atoms with Gasteiger partial charge in [0.25, 0.3) is 5.91 Å². The summed E-state index contributed by atoms with van der Waals surface area (Å²) in [6.45, 7) is 12.4. The van der Waals surface area contributed by atoms with Crippen LogP contribution in [0.5, 0.6) is 5.75 Å². The molecular formula is C18H23NO2S. The van der Waals surface area contributed by atoms with E-state index >= 15 is 0 Å². The van der Waals surface area contributed by atoms with E-state index in [1.54, 1.807) is 5.55 Å². The number of benzene rings is 1. The normalized spacial score (nSPS) is 17.5. The molecule has 1 aromatic carbocycles. The van der Waals surface area contributed by atoms with Crippen molar-refractivity contribution in [1.29, 1.82) is 0 Å². The molecule has 0 atom stereocenters. The lowest BCUT2D eigenvalue weighted by atomic mass is 9.78. The number of aliphatic imine (C=N–C) groups is 1. The minimum atomic E-state index is -0.201. The number of phenolic OH excluding ortho intramolecular Hbond substituents is 1. The number of phenols is 1. The van der Waals surface area contributed by atoms with E-state index in [0.29, 0.717) is 10.7 Å². The van der Waals surface area contributed by atoms with Gasteiger partial charge in [-0.05, 0) is 34.6 Å². The second-order valence-electron chi connectivity index (χ2n) is 7.63. The van der Waals surface area contributed by atoms with Crippen molar-refractivity contribution in [2.45, 2.75) is 52.4 Å². The van der Waals surface area contributed by atoms with Gasteiger partial charge in [-0.15, -0.1) is 0 Å². The molecule has 118 valence electrons. The number of nitrogens with zero attached hydrogens (tertiary/aromatic N) is 1. The molecule has 22 heavy (non-hydrogen) atoms. The summed E-state index contributed by atoms with van der Waals surface area (Å²) in [4.78, 5) is 16.0. The first kappa shape index (κ1) is 16.8. The van der Waals surface area contributed by atoms with E-state index < -0.39 is 0 Å². The van der Waals surface area contributed by atoms with Crippen LogP contribution in [0.3, 0.4) is 0 Å². The zero-order chi connectivity index (χ0) is 16.7. The Hall–Kier alpha value is -1.55. The summed E-state index contributed by atoms with van der Waals surface area (Å²) in [7, 11) is 0. The highest BCUT2D eigenvalue weighted by Gasteiger charge is 2.26. The van der Waals surface area contributed by atoms with Gasteiger partial charge in [0.15, 0.2) is 0 Å². The van der Waals surface area contributed by atoms with Crippen LogP contribution in [0.4, 0.5) is 0 Å². The third kappa shape index (κ3) is 3.43. The molecule has 2 rings (SSSR count). The van der Waals surface area contributed by atoms with Gasteiger partial charge in [-0.25, -0.2) is 4.99 Å². The van der Waals surface area contributed by atoms with Gasteiger partial charge in [0, 0.05) is 11.1 Å². The second-order valence-corrected chi connectivity index (χ2v) is 8.52. The molecule has 0 saturated carbocycles. The standard InChI is InChI=1S/C18H23NO2S/c1-17(2,3)12-7-11(9-14-16(21)19-10-22-14)8-13(15(12)20)18(4,5)6/h7-10,20H,1-6H3/b14-9-. The van der Waals surface area contributed by atoms with Gasteiger partial charge >= 0.3 is 0 Å². The number of aromatic hydroxyl groups is 1. The van der Waals surface area contributed by atoms with Gasteiger partial charge in [-0.2, -0.15) is 0 Å². The Morgan fingerprint density at radius 2 is 1.55 bits per heavy atom. The maximum Gasteiger partial charge on any atom is 0.284 e. The zero-order valence-electron chi connectivity index (χ0n) is 14.0. The predicted molar refractivity (Wildman–Crippen MR) is 94.6 cm³/mol. The van der Waals surface area contributed by atoms with Gasteiger partial charge in [0.2, 0.25) is 0 Å². The van der Waals surface area contributed by atoms with Crippen LogP contribution < -0.4 is 0 Å². The summed E-state index contributed by atoms with van der Waals surface area (Å²) < 4.78 is 0. The largest absolute Gasteiger partial charge is 0.507 e. The maximum atomic E-state index is 11.7. The number of rotatable bonds is 1. The average molecular weight is 317 g/mol. The van der Waals surface area contributed by atoms with E-state index in [1.165, 1.54) is 11.8 Å². The van der Waals surface area contributed by atoms with E-state index in [1.807, 2.05) is 18.2 Å². The van der Waals surface area contributed by atoms with E-state index in [9.17, 15) is 9.90 Å². The molecule has 4 heteroatoms. The van der Waals surface area contributed by atoms with Crippen LogP contribution in [-0.4, -0.2) is 16.6 Å². The second kappa shape index (κ2) is 5.58. The van der Waals surface area contributed by atoms with Gasteiger partial charge in [0.05, 0.1) is 10.5 Å². The number of amides is 1. The van der Waals surface area contributed by atoms with E-state index in [0.717, 1.165) is 16.7 Å². The number of hydrogen-bond acceptors (Lipinski definition) is 3. The van der Waals surface area contributed by atoms with E-state index in [4.69, 9.17) is 0 Å². The van der Waals surface area contributed by atoms with Crippen LogP contribution >= 0.6 is 11.8 Å². The van der Waals surface area contributed by atoms with Crippen molar-refractivity contribution in [2.24, 2.45) is 4.99 Å². The fraction of sp³-hybridized carbons (Fsp3) is 0.444. The monoisotopic (exact) mass is 317 g/mol. The minimum Gasteiger partial charge on any atom is -0.507 e. The quantitative estimate of drug-likeness (QED) is 0.768. The first-order valence-electron chi connectivity index (χ1n) is 7.33. The topological polar surface area (TPSA) is 49.7 Å². The molecule has 3 nitrogen and oxygen atoms in total. The summed E-state index contributed by atoms with van der Waals surface area (Å²) in [6.07, 6.45) is 1.85. The molecule has 0 bridgehead atoms. The Labute approximate surface area is 136 Å². The number of thioether (sulfide) groups is 1. The van der Waals surface area contributed by atoms with Crippen molar-refractivity contribution >= 4 is 29.3 Å². The highest BCUT2D eigenvalue weighted by molar-refractivity contribution is 8.16. The number of carbonyl (C=O) groups is 1. The predicted octanol–water partition coefficient (Wildman–Crippen LogP) is 4.63. The van der Waals surface area contributed by atoms with Crippen LogP contribution in [0, 0.1) is 0 Å². The SMILES string of the molecule is CC(C)(C)c1cc(/C=C2\SC=NC2=O)cc(C(C)(C)C)c1O. The van der Waals surface area contributed by atoms with Crippen LogP contribution in [0.2, 0.25) is 0 Å². The highest BCUT2D eigenvalue weighted by atomic mass is 32.2. The highest BCUT2D eigenvalue weighted by Crippen LogP contribution is 2.40. The van der Waals surface area contributed by atoms with Gasteiger partial charge in [0.1, 0.15) is 5.75 Å². The smallest absolute Gasteiger partial charge is 0.284 e. The molecule has 1 aliphatic heterocycles. The fourth-order valence-electron chi connectivity index (χ4n) is 2.38. The van der Waals surface area contributed by atoms with Gasteiger partial charge in [-0.3, -0.25) is 4.79 Å². The molecule has 1 aromatic rings. The molecule has 1 N–H and O–H groups in total. The zero-order valence-corrected chi connectivity index (χ0v) is 14.8. The van der Waals surface area contributed by atoms with Crippen molar-refractivity contribution in [3.63, 3.8) is 0 Å². The Kier molecular flexibility index (Phi) is 4.26. The third-order valence-electron chi connectivity index (χ3n) is 3.61. The molecule has 0 radical (unpaired) electrons. The summed E-state index contributed by atoms with van der Waals surface area (Å²) in [5.41, 5.74) is 3.91. The number of carbonyl (C=O) groups excluding carboxylic acids is 1. The van der Waals surface area contributed by atoms with E-state index in [2.05, 4.69) is 46.5 Å². The molecule has 0 saturated heterocycles. The lowest BCUT2D eigenvalue weighted by Crippen LogP contribution is -2.17. The Balaban J connectivity index is 2.63. The fourth-order valence-corrected chi connectivity index (χ4v) is 3.00. The summed E-state index contributed by atoms with van der Waals surface area (Å²) in [5.74, 6) is 0.150. The molecule has 0 fully saturated rings. The first-order valence-corrected chi connectivity index (χ1v) is 8.21. The van der Waals surface area contributed by atoms with Crippen LogP contribution in [-0.2, 0) is 15.6 Å². The van der Waals surface area contributed by atoms with Crippen LogP contribution in [0.1, 0.15) is 58.2 Å². The lowest BCUT2D eigenvalue weighted by Gasteiger charge is -2.28. The number of hydrogen-bond donors (Lipinski definition) is 1. The Morgan fingerprint density at radius 3 is 1.91 bits per heavy atom. The first-order chi connectivity index (χ1) is 10.00. The van der Waals surface area contributed by atoms with E-state index in [-0.39, 0.29) is 16.7 Å². The molecule has 1 heterocycles. The maximum absolute atomic E-state index is 11.7. The average Bonchev–Trinajstić information content (AvgIpc) is 2.74. The Bertz CT molecular complexity index is 638. The Morgan fingerprint density at radius 1 is 1.05 bits per heavy atom. The van der Waals surface area contributed by atoms with Crippen molar-refractivity contribution in [2.75, 3.05) is 0 Å². The minimum absolute atomic E-state index is 0.179. The molecule has 1 amide bonds. The third-order valence-corrected chi connectivity index (χ3v) is 4.36. The van der Waals surface area contributed by atoms with Crippen LogP contribution in [0.15, 0.2) is 22.0 Å². The molecule has 0 aromatic heterocycles. The van der Waals surface area contributed by atoms with Crippen molar-refractivity contribution in [3.05, 3.63) is 33.7 Å². The molecular weight excluding hydrogens is 294 g/mol.